The zero-order valence-electron chi connectivity index (χ0n) is 15.8. The minimum Gasteiger partial charge on any atom is -0.495 e. The summed E-state index contributed by atoms with van der Waals surface area (Å²) in [6.45, 7) is 0. The molecule has 1 aliphatic carbocycles. The molecule has 0 saturated heterocycles. The molecule has 1 amide bonds. The van der Waals surface area contributed by atoms with Crippen LogP contribution in [0.3, 0.4) is 0 Å². The fourth-order valence-corrected chi connectivity index (χ4v) is 4.81. The smallest absolute Gasteiger partial charge is 0.259 e. The largest absolute Gasteiger partial charge is 0.495 e. The van der Waals surface area contributed by atoms with Gasteiger partial charge in [-0.3, -0.25) is 4.79 Å². The number of halogens is 1. The van der Waals surface area contributed by atoms with Crippen molar-refractivity contribution in [2.75, 3.05) is 12.4 Å². The molecule has 0 heterocycles. The summed E-state index contributed by atoms with van der Waals surface area (Å²) in [5.41, 5.74) is 6.36. The number of carbonyl (C=O) groups excluding carboxylic acids is 1. The van der Waals surface area contributed by atoms with Crippen LogP contribution < -0.4 is 10.1 Å². The van der Waals surface area contributed by atoms with Gasteiger partial charge in [0.1, 0.15) is 5.75 Å². The highest BCUT2D eigenvalue weighted by atomic mass is 79.9. The molecule has 0 aromatic heterocycles. The second kappa shape index (κ2) is 7.05. The number of rotatable bonds is 3. The lowest BCUT2D eigenvalue weighted by Crippen LogP contribution is -2.13. The summed E-state index contributed by atoms with van der Waals surface area (Å²) in [5.74, 6) is 0.346. The fourth-order valence-electron chi connectivity index (χ4n) is 4.07. The van der Waals surface area contributed by atoms with Crippen molar-refractivity contribution < 1.29 is 9.53 Å². The number of fused-ring (bicyclic) bond motifs is 4. The molecule has 29 heavy (non-hydrogen) atoms. The van der Waals surface area contributed by atoms with Gasteiger partial charge in [0.25, 0.3) is 5.91 Å². The summed E-state index contributed by atoms with van der Waals surface area (Å²) in [7, 11) is 1.58. The van der Waals surface area contributed by atoms with Crippen molar-refractivity contribution in [1.82, 2.24) is 0 Å². The lowest BCUT2D eigenvalue weighted by atomic mass is 10.0. The van der Waals surface area contributed by atoms with Crippen LogP contribution in [0.2, 0.25) is 0 Å². The monoisotopic (exact) mass is 443 g/mol. The molecule has 4 heteroatoms. The van der Waals surface area contributed by atoms with Crippen LogP contribution >= 0.6 is 15.9 Å². The van der Waals surface area contributed by atoms with Gasteiger partial charge in [-0.1, -0.05) is 54.6 Å². The summed E-state index contributed by atoms with van der Waals surface area (Å²) in [4.78, 5) is 13.1. The van der Waals surface area contributed by atoms with Gasteiger partial charge < -0.3 is 10.1 Å². The maximum absolute atomic E-state index is 13.1. The number of hydrogen-bond acceptors (Lipinski definition) is 2. The van der Waals surface area contributed by atoms with Crippen molar-refractivity contribution >= 4 is 38.3 Å². The molecule has 4 aromatic carbocycles. The molecule has 0 radical (unpaired) electrons. The van der Waals surface area contributed by atoms with Crippen molar-refractivity contribution in [2.24, 2.45) is 0 Å². The van der Waals surface area contributed by atoms with E-state index in [-0.39, 0.29) is 5.91 Å². The van der Waals surface area contributed by atoms with E-state index >= 15 is 0 Å². The second-order valence-corrected chi connectivity index (χ2v) is 7.95. The van der Waals surface area contributed by atoms with Crippen molar-refractivity contribution in [1.29, 1.82) is 0 Å². The molecule has 0 bridgehead atoms. The predicted octanol–water partition coefficient (Wildman–Crippen LogP) is 6.43. The number of carbonyl (C=O) groups is 1. The lowest BCUT2D eigenvalue weighted by molar-refractivity contribution is 0.102. The van der Waals surface area contributed by atoms with Gasteiger partial charge in [-0.25, -0.2) is 0 Å². The first-order valence-electron chi connectivity index (χ1n) is 9.43. The SMILES string of the molecule is COc1c(C(=O)Nc2ccc3c(c2)Cc2ccccc2-3)cc2ccccc2c1Br. The Kier molecular flexibility index (Phi) is 4.36. The molecule has 0 aliphatic heterocycles. The van der Waals surface area contributed by atoms with Crippen molar-refractivity contribution in [3.63, 3.8) is 0 Å². The molecule has 0 atom stereocenters. The Bertz CT molecular complexity index is 1280. The van der Waals surface area contributed by atoms with Gasteiger partial charge >= 0.3 is 0 Å². The van der Waals surface area contributed by atoms with E-state index in [2.05, 4.69) is 57.6 Å². The topological polar surface area (TPSA) is 38.3 Å². The Balaban J connectivity index is 1.49. The molecule has 4 aromatic rings. The maximum atomic E-state index is 13.1. The third-order valence-corrected chi connectivity index (χ3v) is 6.23. The summed E-state index contributed by atoms with van der Waals surface area (Å²) in [6, 6.07) is 24.3. The van der Waals surface area contributed by atoms with E-state index in [1.54, 1.807) is 7.11 Å². The Hall–Kier alpha value is -3.11. The number of amides is 1. The normalized spacial score (nSPS) is 11.8. The van der Waals surface area contributed by atoms with Crippen LogP contribution in [-0.4, -0.2) is 13.0 Å². The van der Waals surface area contributed by atoms with E-state index < -0.39 is 0 Å². The van der Waals surface area contributed by atoms with E-state index in [4.69, 9.17) is 4.74 Å². The number of nitrogens with one attached hydrogen (secondary N) is 1. The number of benzene rings is 4. The zero-order chi connectivity index (χ0) is 20.0. The minimum absolute atomic E-state index is 0.191. The van der Waals surface area contributed by atoms with Crippen LogP contribution in [0.4, 0.5) is 5.69 Å². The third-order valence-electron chi connectivity index (χ3n) is 5.44. The van der Waals surface area contributed by atoms with E-state index in [0.29, 0.717) is 11.3 Å². The van der Waals surface area contributed by atoms with Crippen LogP contribution in [0.25, 0.3) is 21.9 Å². The Labute approximate surface area is 177 Å². The predicted molar refractivity (Wildman–Crippen MR) is 121 cm³/mol. The van der Waals surface area contributed by atoms with Crippen molar-refractivity contribution in [3.05, 3.63) is 94.0 Å². The highest BCUT2D eigenvalue weighted by Gasteiger charge is 2.21. The van der Waals surface area contributed by atoms with E-state index in [9.17, 15) is 4.79 Å². The van der Waals surface area contributed by atoms with Crippen LogP contribution in [0.15, 0.2) is 77.3 Å². The van der Waals surface area contributed by atoms with E-state index in [1.807, 2.05) is 36.4 Å². The van der Waals surface area contributed by atoms with Crippen molar-refractivity contribution in [3.8, 4) is 16.9 Å². The molecule has 0 fully saturated rings. The molecule has 5 rings (SSSR count). The summed E-state index contributed by atoms with van der Waals surface area (Å²) in [6.07, 6.45) is 0.889. The molecule has 1 aliphatic rings. The Morgan fingerprint density at radius 3 is 2.55 bits per heavy atom. The number of ether oxygens (including phenoxy) is 1. The molecule has 0 saturated carbocycles. The average Bonchev–Trinajstić information content (AvgIpc) is 3.11. The highest BCUT2D eigenvalue weighted by Crippen LogP contribution is 2.39. The second-order valence-electron chi connectivity index (χ2n) is 7.15. The molecular weight excluding hydrogens is 426 g/mol. The summed E-state index contributed by atoms with van der Waals surface area (Å²) in [5, 5.41) is 5.03. The van der Waals surface area contributed by atoms with Gasteiger partial charge in [0.2, 0.25) is 0 Å². The van der Waals surface area contributed by atoms with Crippen LogP contribution in [0, 0.1) is 0 Å². The molecule has 0 unspecified atom stereocenters. The Morgan fingerprint density at radius 1 is 0.931 bits per heavy atom. The summed E-state index contributed by atoms with van der Waals surface area (Å²) >= 11 is 3.60. The van der Waals surface area contributed by atoms with Gasteiger partial charge in [-0.2, -0.15) is 0 Å². The zero-order valence-corrected chi connectivity index (χ0v) is 17.4. The standard InChI is InChI=1S/C25H18BrNO2/c1-29-24-22(14-16-7-3-5-9-21(16)23(24)26)25(28)27-18-10-11-20-17(13-18)12-15-6-2-4-8-19(15)20/h2-11,13-14H,12H2,1H3,(H,27,28). The van der Waals surface area contributed by atoms with Crippen LogP contribution in [0.1, 0.15) is 21.5 Å². The van der Waals surface area contributed by atoms with Crippen LogP contribution in [-0.2, 0) is 6.42 Å². The first-order chi connectivity index (χ1) is 14.2. The molecule has 142 valence electrons. The summed E-state index contributed by atoms with van der Waals surface area (Å²) < 4.78 is 6.34. The quantitative estimate of drug-likeness (QED) is 0.348. The van der Waals surface area contributed by atoms with Gasteiger partial charge in [0.15, 0.2) is 0 Å². The van der Waals surface area contributed by atoms with Crippen LogP contribution in [0.5, 0.6) is 5.75 Å². The Morgan fingerprint density at radius 2 is 1.69 bits per heavy atom. The highest BCUT2D eigenvalue weighted by molar-refractivity contribution is 9.10. The molecule has 3 nitrogen and oxygen atoms in total. The molecule has 1 N–H and O–H groups in total. The molecular formula is C25H18BrNO2. The lowest BCUT2D eigenvalue weighted by Gasteiger charge is -2.14. The number of anilines is 1. The van der Waals surface area contributed by atoms with E-state index in [1.165, 1.54) is 22.3 Å². The minimum atomic E-state index is -0.191. The third kappa shape index (κ3) is 3.00. The van der Waals surface area contributed by atoms with Gasteiger partial charge in [0, 0.05) is 5.69 Å². The average molecular weight is 444 g/mol. The first kappa shape index (κ1) is 18.0. The first-order valence-corrected chi connectivity index (χ1v) is 10.2. The van der Waals surface area contributed by atoms with Gasteiger partial charge in [-0.15, -0.1) is 0 Å². The van der Waals surface area contributed by atoms with E-state index in [0.717, 1.165) is 27.4 Å². The van der Waals surface area contributed by atoms with Gasteiger partial charge in [0.05, 0.1) is 17.1 Å². The van der Waals surface area contributed by atoms with Crippen molar-refractivity contribution in [2.45, 2.75) is 6.42 Å². The number of hydrogen-bond donors (Lipinski definition) is 1. The number of methoxy groups -OCH3 is 1. The van der Waals surface area contributed by atoms with Gasteiger partial charge in [-0.05, 0) is 73.6 Å². The molecule has 0 spiro atoms. The maximum Gasteiger partial charge on any atom is 0.259 e. The fraction of sp³-hybridized carbons (Fsp3) is 0.0800.